The summed E-state index contributed by atoms with van der Waals surface area (Å²) in [5, 5.41) is 6.29. The topological polar surface area (TPSA) is 75.2 Å². The highest BCUT2D eigenvalue weighted by molar-refractivity contribution is 14.0. The summed E-state index contributed by atoms with van der Waals surface area (Å²) in [6, 6.07) is 11.7. The van der Waals surface area contributed by atoms with Gasteiger partial charge in [-0.15, -0.1) is 24.0 Å². The number of carbonyl (C=O) groups excluding carboxylic acids is 1. The van der Waals surface area contributed by atoms with Gasteiger partial charge in [-0.05, 0) is 48.7 Å². The van der Waals surface area contributed by atoms with Crippen LogP contribution in [-0.2, 0) is 13.0 Å². The summed E-state index contributed by atoms with van der Waals surface area (Å²) in [6.45, 7) is 4.69. The Morgan fingerprint density at radius 3 is 2.39 bits per heavy atom. The predicted molar refractivity (Wildman–Crippen MR) is 134 cm³/mol. The van der Waals surface area contributed by atoms with E-state index in [1.807, 2.05) is 37.3 Å². The molecule has 0 aromatic heterocycles. The van der Waals surface area contributed by atoms with Gasteiger partial charge < -0.3 is 25.0 Å². The lowest BCUT2D eigenvalue weighted by molar-refractivity contribution is 0.0954. The van der Waals surface area contributed by atoms with Crippen LogP contribution in [0.4, 0.5) is 0 Å². The summed E-state index contributed by atoms with van der Waals surface area (Å²) in [5.74, 6) is 2.25. The van der Waals surface area contributed by atoms with Crippen LogP contribution in [0, 0.1) is 6.92 Å². The Hall–Kier alpha value is -2.49. The molecular formula is C23H31IN4O3. The van der Waals surface area contributed by atoms with Crippen LogP contribution in [0.15, 0.2) is 41.4 Å². The number of aliphatic imine (C=N–C) groups is 1. The van der Waals surface area contributed by atoms with E-state index >= 15 is 0 Å². The van der Waals surface area contributed by atoms with Crippen LogP contribution in [0.3, 0.4) is 0 Å². The average Bonchev–Trinajstić information content (AvgIpc) is 2.77. The minimum absolute atomic E-state index is 0. The van der Waals surface area contributed by atoms with Crippen molar-refractivity contribution in [3.8, 4) is 11.5 Å². The SMILES string of the molecule is CN=C(NCCNC(=O)c1cccc(C)c1)N1CCc2cc(OC)c(OC)cc2C1.I. The number of ether oxygens (including phenoxy) is 2. The first-order chi connectivity index (χ1) is 14.5. The van der Waals surface area contributed by atoms with Crippen molar-refractivity contribution in [2.75, 3.05) is 40.9 Å². The van der Waals surface area contributed by atoms with Crippen LogP contribution in [0.2, 0.25) is 0 Å². The van der Waals surface area contributed by atoms with Crippen molar-refractivity contribution in [3.05, 3.63) is 58.7 Å². The first kappa shape index (κ1) is 24.8. The molecule has 2 aromatic rings. The molecule has 1 aliphatic rings. The number of benzene rings is 2. The molecule has 31 heavy (non-hydrogen) atoms. The van der Waals surface area contributed by atoms with E-state index in [0.717, 1.165) is 42.5 Å². The predicted octanol–water partition coefficient (Wildman–Crippen LogP) is 2.99. The number of hydrogen-bond acceptors (Lipinski definition) is 4. The molecule has 2 N–H and O–H groups in total. The van der Waals surface area contributed by atoms with Gasteiger partial charge in [-0.1, -0.05) is 17.7 Å². The Balaban J connectivity index is 0.00000341. The van der Waals surface area contributed by atoms with Gasteiger partial charge in [0.25, 0.3) is 5.91 Å². The lowest BCUT2D eigenvalue weighted by atomic mass is 9.99. The number of methoxy groups -OCH3 is 2. The quantitative estimate of drug-likeness (QED) is 0.256. The highest BCUT2D eigenvalue weighted by atomic mass is 127. The zero-order chi connectivity index (χ0) is 21.5. The molecule has 7 nitrogen and oxygen atoms in total. The van der Waals surface area contributed by atoms with E-state index in [0.29, 0.717) is 18.7 Å². The number of amides is 1. The van der Waals surface area contributed by atoms with E-state index in [4.69, 9.17) is 9.47 Å². The number of rotatable bonds is 6. The van der Waals surface area contributed by atoms with Crippen molar-refractivity contribution in [1.29, 1.82) is 0 Å². The smallest absolute Gasteiger partial charge is 0.251 e. The Morgan fingerprint density at radius 2 is 1.74 bits per heavy atom. The fourth-order valence-electron chi connectivity index (χ4n) is 3.63. The van der Waals surface area contributed by atoms with Crippen LogP contribution in [0.1, 0.15) is 27.0 Å². The summed E-state index contributed by atoms with van der Waals surface area (Å²) in [6.07, 6.45) is 0.903. The summed E-state index contributed by atoms with van der Waals surface area (Å²) in [5.41, 5.74) is 4.22. The summed E-state index contributed by atoms with van der Waals surface area (Å²) >= 11 is 0. The fraction of sp³-hybridized carbons (Fsp3) is 0.391. The van der Waals surface area contributed by atoms with Gasteiger partial charge in [0.1, 0.15) is 0 Å². The van der Waals surface area contributed by atoms with Crippen LogP contribution in [-0.4, -0.2) is 57.7 Å². The zero-order valence-corrected chi connectivity index (χ0v) is 20.9. The molecule has 0 bridgehead atoms. The van der Waals surface area contributed by atoms with E-state index in [1.54, 1.807) is 21.3 Å². The minimum Gasteiger partial charge on any atom is -0.493 e. The largest absolute Gasteiger partial charge is 0.493 e. The van der Waals surface area contributed by atoms with E-state index in [9.17, 15) is 4.79 Å². The van der Waals surface area contributed by atoms with Gasteiger partial charge in [-0.3, -0.25) is 9.79 Å². The number of guanidine groups is 1. The Kier molecular flexibility index (Phi) is 9.42. The van der Waals surface area contributed by atoms with E-state index in [2.05, 4.69) is 26.6 Å². The molecule has 0 spiro atoms. The van der Waals surface area contributed by atoms with E-state index in [-0.39, 0.29) is 29.9 Å². The second kappa shape index (κ2) is 11.8. The maximum Gasteiger partial charge on any atom is 0.251 e. The number of halogens is 1. The molecule has 2 aromatic carbocycles. The fourth-order valence-corrected chi connectivity index (χ4v) is 3.63. The summed E-state index contributed by atoms with van der Waals surface area (Å²) in [4.78, 5) is 18.9. The zero-order valence-electron chi connectivity index (χ0n) is 18.5. The van der Waals surface area contributed by atoms with Crippen molar-refractivity contribution in [2.45, 2.75) is 19.9 Å². The van der Waals surface area contributed by atoms with Gasteiger partial charge in [0.05, 0.1) is 14.2 Å². The monoisotopic (exact) mass is 538 g/mol. The molecule has 1 aliphatic heterocycles. The maximum atomic E-state index is 12.3. The molecule has 1 heterocycles. The number of nitrogens with one attached hydrogen (secondary N) is 2. The van der Waals surface area contributed by atoms with Crippen molar-refractivity contribution in [1.82, 2.24) is 15.5 Å². The molecular weight excluding hydrogens is 507 g/mol. The van der Waals surface area contributed by atoms with Crippen molar-refractivity contribution in [2.24, 2.45) is 4.99 Å². The molecule has 0 saturated carbocycles. The van der Waals surface area contributed by atoms with Gasteiger partial charge in [0, 0.05) is 38.8 Å². The third-order valence-electron chi connectivity index (χ3n) is 5.20. The molecule has 3 rings (SSSR count). The third kappa shape index (κ3) is 6.25. The van der Waals surface area contributed by atoms with Gasteiger partial charge in [-0.2, -0.15) is 0 Å². The highest BCUT2D eigenvalue weighted by Crippen LogP contribution is 2.33. The van der Waals surface area contributed by atoms with E-state index < -0.39 is 0 Å². The average molecular weight is 538 g/mol. The molecule has 0 fully saturated rings. The second-order valence-electron chi connectivity index (χ2n) is 7.25. The molecule has 0 unspecified atom stereocenters. The first-order valence-corrected chi connectivity index (χ1v) is 10.1. The maximum absolute atomic E-state index is 12.3. The van der Waals surface area contributed by atoms with Crippen molar-refractivity contribution < 1.29 is 14.3 Å². The van der Waals surface area contributed by atoms with E-state index in [1.165, 1.54) is 11.1 Å². The van der Waals surface area contributed by atoms with Crippen molar-refractivity contribution in [3.63, 3.8) is 0 Å². The molecule has 0 atom stereocenters. The number of aryl methyl sites for hydroxylation is 1. The second-order valence-corrected chi connectivity index (χ2v) is 7.25. The van der Waals surface area contributed by atoms with Gasteiger partial charge in [-0.25, -0.2) is 0 Å². The number of nitrogens with zero attached hydrogens (tertiary/aromatic N) is 2. The third-order valence-corrected chi connectivity index (χ3v) is 5.20. The molecule has 1 amide bonds. The number of carbonyl (C=O) groups is 1. The van der Waals surface area contributed by atoms with Crippen molar-refractivity contribution >= 4 is 35.8 Å². The number of hydrogen-bond donors (Lipinski definition) is 2. The Labute approximate surface area is 201 Å². The van der Waals surface area contributed by atoms with Crippen LogP contribution < -0.4 is 20.1 Å². The molecule has 0 aliphatic carbocycles. The van der Waals surface area contributed by atoms with Gasteiger partial charge in [0.2, 0.25) is 0 Å². The minimum atomic E-state index is -0.0663. The lowest BCUT2D eigenvalue weighted by Crippen LogP contribution is -2.46. The lowest BCUT2D eigenvalue weighted by Gasteiger charge is -2.32. The molecule has 0 saturated heterocycles. The van der Waals surface area contributed by atoms with Gasteiger partial charge >= 0.3 is 0 Å². The molecule has 168 valence electrons. The number of fused-ring (bicyclic) bond motifs is 1. The van der Waals surface area contributed by atoms with Crippen LogP contribution in [0.25, 0.3) is 0 Å². The normalized spacial score (nSPS) is 13.0. The van der Waals surface area contributed by atoms with Gasteiger partial charge in [0.15, 0.2) is 17.5 Å². The summed E-state index contributed by atoms with van der Waals surface area (Å²) in [7, 11) is 5.08. The molecule has 8 heteroatoms. The Bertz CT molecular complexity index is 933. The summed E-state index contributed by atoms with van der Waals surface area (Å²) < 4.78 is 10.9. The molecule has 0 radical (unpaired) electrons. The first-order valence-electron chi connectivity index (χ1n) is 10.1. The van der Waals surface area contributed by atoms with Crippen LogP contribution in [0.5, 0.6) is 11.5 Å². The van der Waals surface area contributed by atoms with Crippen LogP contribution >= 0.6 is 24.0 Å². The Morgan fingerprint density at radius 1 is 1.06 bits per heavy atom. The standard InChI is InChI=1S/C23H30N4O3.HI/c1-16-6-5-7-18(12-16)22(28)25-9-10-26-23(24-2)27-11-8-17-13-20(29-3)21(30-4)14-19(17)15-27;/h5-7,12-14H,8-11,15H2,1-4H3,(H,24,26)(H,25,28);1H. The highest BCUT2D eigenvalue weighted by Gasteiger charge is 2.21.